The van der Waals surface area contributed by atoms with Crippen molar-refractivity contribution in [2.45, 2.75) is 30.6 Å². The summed E-state index contributed by atoms with van der Waals surface area (Å²) < 4.78 is 24.8. The molecule has 0 amide bonds. The number of halogens is 1. The third-order valence-electron chi connectivity index (χ3n) is 2.21. The third kappa shape index (κ3) is 3.65. The molecule has 1 saturated carbocycles. The van der Waals surface area contributed by atoms with Gasteiger partial charge in [-0.1, -0.05) is 0 Å². The van der Waals surface area contributed by atoms with Crippen LogP contribution in [0.4, 0.5) is 0 Å². The van der Waals surface area contributed by atoms with E-state index in [-0.39, 0.29) is 11.3 Å². The minimum Gasteiger partial charge on any atom is -0.211 e. The molecule has 3 nitrogen and oxygen atoms in total. The molecule has 1 aliphatic rings. The van der Waals surface area contributed by atoms with Crippen LogP contribution in [0.1, 0.15) is 19.3 Å². The minimum absolute atomic E-state index is 0.0983. The van der Waals surface area contributed by atoms with Crippen molar-refractivity contribution >= 4 is 33.4 Å². The van der Waals surface area contributed by atoms with Crippen LogP contribution in [0.25, 0.3) is 0 Å². The van der Waals surface area contributed by atoms with Crippen molar-refractivity contribution in [2.75, 3.05) is 11.5 Å². The summed E-state index contributed by atoms with van der Waals surface area (Å²) in [6.45, 7) is 0. The summed E-state index contributed by atoms with van der Waals surface area (Å²) in [5.41, 5.74) is 0. The van der Waals surface area contributed by atoms with Gasteiger partial charge in [0.2, 0.25) is 10.0 Å². The van der Waals surface area contributed by atoms with Crippen LogP contribution in [-0.4, -0.2) is 31.2 Å². The molecule has 1 fully saturated rings. The second kappa shape index (κ2) is 4.87. The zero-order valence-electron chi connectivity index (χ0n) is 7.49. The second-order valence-corrected chi connectivity index (χ2v) is 6.69. The van der Waals surface area contributed by atoms with Gasteiger partial charge in [0, 0.05) is 11.3 Å². The maximum Gasteiger partial charge on any atom is 0.225 e. The summed E-state index contributed by atoms with van der Waals surface area (Å²) in [7, 11) is -3.23. The topological polar surface area (TPSA) is 46.2 Å². The lowest BCUT2D eigenvalue weighted by molar-refractivity contribution is 0.557. The SMILES string of the molecule is CSC1CCC(NS(=O)(=O)CCl)C1. The van der Waals surface area contributed by atoms with E-state index in [1.165, 1.54) is 0 Å². The maximum atomic E-state index is 11.1. The van der Waals surface area contributed by atoms with Gasteiger partial charge >= 0.3 is 0 Å². The summed E-state index contributed by atoms with van der Waals surface area (Å²) >= 11 is 7.09. The van der Waals surface area contributed by atoms with E-state index in [0.29, 0.717) is 5.25 Å². The first-order valence-corrected chi connectivity index (χ1v) is 7.63. The fraction of sp³-hybridized carbons (Fsp3) is 1.00. The summed E-state index contributed by atoms with van der Waals surface area (Å²) in [6, 6.07) is 0.0983. The van der Waals surface area contributed by atoms with Crippen molar-refractivity contribution in [1.29, 1.82) is 0 Å². The first-order valence-electron chi connectivity index (χ1n) is 4.16. The summed E-state index contributed by atoms with van der Waals surface area (Å²) in [4.78, 5) is 0. The van der Waals surface area contributed by atoms with Gasteiger partial charge in [0.25, 0.3) is 0 Å². The first-order chi connectivity index (χ1) is 6.07. The van der Waals surface area contributed by atoms with Crippen molar-refractivity contribution in [1.82, 2.24) is 4.72 Å². The lowest BCUT2D eigenvalue weighted by Gasteiger charge is -2.11. The Hall–Kier alpha value is 0.550. The molecular weight excluding hydrogens is 230 g/mol. The Bertz CT molecular complexity index is 255. The average molecular weight is 244 g/mol. The number of hydrogen-bond donors (Lipinski definition) is 1. The molecule has 0 aromatic heterocycles. The van der Waals surface area contributed by atoms with Gasteiger partial charge in [-0.3, -0.25) is 0 Å². The fourth-order valence-corrected chi connectivity index (χ4v) is 3.32. The molecule has 1 aliphatic carbocycles. The van der Waals surface area contributed by atoms with Crippen molar-refractivity contribution < 1.29 is 8.42 Å². The smallest absolute Gasteiger partial charge is 0.211 e. The van der Waals surface area contributed by atoms with Gasteiger partial charge in [0.05, 0.1) is 0 Å². The van der Waals surface area contributed by atoms with Gasteiger partial charge < -0.3 is 0 Å². The van der Waals surface area contributed by atoms with Gasteiger partial charge in [0.15, 0.2) is 0 Å². The Labute approximate surface area is 88.7 Å². The standard InChI is InChI=1S/C7H14ClNO2S2/c1-12-7-3-2-6(4-7)9-13(10,11)5-8/h6-7,9H,2-5H2,1H3. The predicted molar refractivity (Wildman–Crippen MR) is 57.7 cm³/mol. The van der Waals surface area contributed by atoms with Crippen molar-refractivity contribution in [3.8, 4) is 0 Å². The predicted octanol–water partition coefficient (Wildman–Crippen LogP) is 1.39. The molecule has 1 N–H and O–H groups in total. The van der Waals surface area contributed by atoms with Crippen molar-refractivity contribution in [3.63, 3.8) is 0 Å². The maximum absolute atomic E-state index is 11.1. The molecule has 0 aliphatic heterocycles. The van der Waals surface area contributed by atoms with E-state index in [0.717, 1.165) is 19.3 Å². The summed E-state index contributed by atoms with van der Waals surface area (Å²) in [6.07, 6.45) is 5.01. The number of sulfonamides is 1. The van der Waals surface area contributed by atoms with Gasteiger partial charge in [-0.2, -0.15) is 11.8 Å². The van der Waals surface area contributed by atoms with Crippen LogP contribution in [0.5, 0.6) is 0 Å². The zero-order valence-corrected chi connectivity index (χ0v) is 9.88. The monoisotopic (exact) mass is 243 g/mol. The molecule has 0 aromatic carbocycles. The second-order valence-electron chi connectivity index (χ2n) is 3.21. The van der Waals surface area contributed by atoms with E-state index in [1.54, 1.807) is 11.8 Å². The van der Waals surface area contributed by atoms with Crippen LogP contribution < -0.4 is 4.72 Å². The number of rotatable bonds is 4. The Morgan fingerprint density at radius 3 is 2.69 bits per heavy atom. The Kier molecular flexibility index (Phi) is 4.35. The number of hydrogen-bond acceptors (Lipinski definition) is 3. The molecule has 6 heteroatoms. The fourth-order valence-electron chi connectivity index (χ4n) is 1.55. The van der Waals surface area contributed by atoms with E-state index in [9.17, 15) is 8.42 Å². The molecule has 2 atom stereocenters. The highest BCUT2D eigenvalue weighted by Gasteiger charge is 2.26. The molecule has 13 heavy (non-hydrogen) atoms. The summed E-state index contributed by atoms with van der Waals surface area (Å²) in [5.74, 6) is 0. The normalized spacial score (nSPS) is 29.4. The Morgan fingerprint density at radius 2 is 2.23 bits per heavy atom. The van der Waals surface area contributed by atoms with E-state index in [1.807, 2.05) is 0 Å². The molecule has 0 radical (unpaired) electrons. The van der Waals surface area contributed by atoms with E-state index < -0.39 is 10.0 Å². The van der Waals surface area contributed by atoms with Crippen molar-refractivity contribution in [2.24, 2.45) is 0 Å². The molecule has 0 spiro atoms. The Balaban J connectivity index is 2.40. The minimum atomic E-state index is -3.23. The van der Waals surface area contributed by atoms with Gasteiger partial charge in [-0.05, 0) is 25.5 Å². The highest BCUT2D eigenvalue weighted by molar-refractivity contribution is 7.99. The van der Waals surface area contributed by atoms with Crippen LogP contribution in [0, 0.1) is 0 Å². The number of nitrogens with one attached hydrogen (secondary N) is 1. The van der Waals surface area contributed by atoms with Crippen LogP contribution >= 0.6 is 23.4 Å². The Morgan fingerprint density at radius 1 is 1.54 bits per heavy atom. The zero-order chi connectivity index (χ0) is 9.90. The third-order valence-corrected chi connectivity index (χ3v) is 5.14. The number of thioether (sulfide) groups is 1. The van der Waals surface area contributed by atoms with Gasteiger partial charge in [-0.15, -0.1) is 11.6 Å². The summed E-state index contributed by atoms with van der Waals surface area (Å²) in [5, 5.41) is 0.260. The molecule has 0 aromatic rings. The van der Waals surface area contributed by atoms with Crippen LogP contribution in [0.3, 0.4) is 0 Å². The van der Waals surface area contributed by atoms with E-state index >= 15 is 0 Å². The van der Waals surface area contributed by atoms with Gasteiger partial charge in [-0.25, -0.2) is 13.1 Å². The lowest BCUT2D eigenvalue weighted by Crippen LogP contribution is -2.33. The first kappa shape index (κ1) is 11.6. The lowest BCUT2D eigenvalue weighted by atomic mass is 10.3. The molecule has 78 valence electrons. The highest BCUT2D eigenvalue weighted by atomic mass is 35.5. The van der Waals surface area contributed by atoms with E-state index in [4.69, 9.17) is 11.6 Å². The van der Waals surface area contributed by atoms with E-state index in [2.05, 4.69) is 11.0 Å². The largest absolute Gasteiger partial charge is 0.225 e. The molecular formula is C7H14ClNO2S2. The molecule has 0 bridgehead atoms. The highest BCUT2D eigenvalue weighted by Crippen LogP contribution is 2.28. The molecule has 2 unspecified atom stereocenters. The van der Waals surface area contributed by atoms with Crippen molar-refractivity contribution in [3.05, 3.63) is 0 Å². The molecule has 0 heterocycles. The van der Waals surface area contributed by atoms with Crippen LogP contribution in [0.15, 0.2) is 0 Å². The molecule has 0 saturated heterocycles. The van der Waals surface area contributed by atoms with Crippen LogP contribution in [-0.2, 0) is 10.0 Å². The van der Waals surface area contributed by atoms with Crippen LogP contribution in [0.2, 0.25) is 0 Å². The quantitative estimate of drug-likeness (QED) is 0.759. The average Bonchev–Trinajstić information content (AvgIpc) is 2.52. The molecule has 1 rings (SSSR count). The van der Waals surface area contributed by atoms with Gasteiger partial charge in [0.1, 0.15) is 5.21 Å². The number of alkyl halides is 1.